The maximum Gasteiger partial charge on any atom is 0.242 e. The van der Waals surface area contributed by atoms with Crippen LogP contribution in [-0.2, 0) is 23.5 Å². The van der Waals surface area contributed by atoms with Crippen LogP contribution in [0.25, 0.3) is 0 Å². The van der Waals surface area contributed by atoms with Crippen molar-refractivity contribution < 1.29 is 8.42 Å². The van der Waals surface area contributed by atoms with Crippen molar-refractivity contribution in [1.82, 2.24) is 14.5 Å². The minimum Gasteiger partial charge on any atom is -0.398 e. The van der Waals surface area contributed by atoms with Crippen LogP contribution >= 0.6 is 11.6 Å². The van der Waals surface area contributed by atoms with Gasteiger partial charge in [-0.2, -0.15) is 5.10 Å². The number of nitrogens with two attached hydrogens (primary N) is 1. The van der Waals surface area contributed by atoms with E-state index in [1.54, 1.807) is 17.9 Å². The fraction of sp³-hybridized carbons (Fsp3) is 0.250. The van der Waals surface area contributed by atoms with E-state index < -0.39 is 10.0 Å². The number of aromatic nitrogens is 2. The van der Waals surface area contributed by atoms with Crippen LogP contribution in [0.3, 0.4) is 0 Å². The highest BCUT2D eigenvalue weighted by molar-refractivity contribution is 7.89. The van der Waals surface area contributed by atoms with Crippen molar-refractivity contribution in [2.24, 2.45) is 7.05 Å². The molecule has 108 valence electrons. The van der Waals surface area contributed by atoms with Gasteiger partial charge in [0.05, 0.1) is 5.69 Å². The molecule has 0 amide bonds. The van der Waals surface area contributed by atoms with Gasteiger partial charge in [-0.05, 0) is 24.3 Å². The monoisotopic (exact) mass is 314 g/mol. The van der Waals surface area contributed by atoms with Gasteiger partial charge in [-0.15, -0.1) is 0 Å². The van der Waals surface area contributed by atoms with E-state index in [1.165, 1.54) is 18.2 Å². The highest BCUT2D eigenvalue weighted by Crippen LogP contribution is 2.22. The predicted octanol–water partition coefficient (Wildman–Crippen LogP) is 1.18. The summed E-state index contributed by atoms with van der Waals surface area (Å²) in [4.78, 5) is 0.0342. The smallest absolute Gasteiger partial charge is 0.242 e. The number of rotatable bonds is 5. The third kappa shape index (κ3) is 3.30. The highest BCUT2D eigenvalue weighted by atomic mass is 35.5. The van der Waals surface area contributed by atoms with E-state index >= 15 is 0 Å². The standard InChI is InChI=1S/C12H15ClN4O2S/c1-17-10(4-6-15-17)5-7-16-20(18,19)12-3-2-9(13)8-11(12)14/h2-4,6,8,16H,5,7,14H2,1H3. The first kappa shape index (κ1) is 14.8. The molecule has 0 radical (unpaired) electrons. The summed E-state index contributed by atoms with van der Waals surface area (Å²) in [5, 5.41) is 4.42. The van der Waals surface area contributed by atoms with Gasteiger partial charge < -0.3 is 5.73 Å². The molecule has 0 aliphatic rings. The molecule has 2 aromatic rings. The Labute approximate surface area is 122 Å². The van der Waals surface area contributed by atoms with Gasteiger partial charge in [-0.25, -0.2) is 13.1 Å². The molecule has 0 aliphatic carbocycles. The highest BCUT2D eigenvalue weighted by Gasteiger charge is 2.17. The lowest BCUT2D eigenvalue weighted by Gasteiger charge is -2.09. The van der Waals surface area contributed by atoms with Crippen LogP contribution in [0.1, 0.15) is 5.69 Å². The second-order valence-corrected chi connectivity index (χ2v) is 6.45. The average Bonchev–Trinajstić information content (AvgIpc) is 2.74. The summed E-state index contributed by atoms with van der Waals surface area (Å²) < 4.78 is 28.5. The van der Waals surface area contributed by atoms with Gasteiger partial charge in [0.1, 0.15) is 4.90 Å². The predicted molar refractivity (Wildman–Crippen MR) is 78.0 cm³/mol. The van der Waals surface area contributed by atoms with Crippen LogP contribution in [0.2, 0.25) is 5.02 Å². The number of nitrogens with zero attached hydrogens (tertiary/aromatic N) is 2. The molecule has 3 N–H and O–H groups in total. The SMILES string of the molecule is Cn1nccc1CCNS(=O)(=O)c1ccc(Cl)cc1N. The lowest BCUT2D eigenvalue weighted by Crippen LogP contribution is -2.27. The summed E-state index contributed by atoms with van der Waals surface area (Å²) in [7, 11) is -1.83. The van der Waals surface area contributed by atoms with E-state index in [-0.39, 0.29) is 17.1 Å². The van der Waals surface area contributed by atoms with Gasteiger partial charge >= 0.3 is 0 Å². The Morgan fingerprint density at radius 1 is 1.40 bits per heavy atom. The molecule has 0 bridgehead atoms. The minimum absolute atomic E-state index is 0.0342. The molecular formula is C12H15ClN4O2S. The molecular weight excluding hydrogens is 300 g/mol. The third-order valence-corrected chi connectivity index (χ3v) is 4.63. The van der Waals surface area contributed by atoms with E-state index in [2.05, 4.69) is 9.82 Å². The van der Waals surface area contributed by atoms with E-state index in [0.717, 1.165) is 5.69 Å². The van der Waals surface area contributed by atoms with Crippen molar-refractivity contribution in [2.75, 3.05) is 12.3 Å². The minimum atomic E-state index is -3.64. The molecule has 1 heterocycles. The Morgan fingerprint density at radius 3 is 2.75 bits per heavy atom. The lowest BCUT2D eigenvalue weighted by atomic mass is 10.3. The molecule has 1 aromatic carbocycles. The lowest BCUT2D eigenvalue weighted by molar-refractivity contribution is 0.580. The second-order valence-electron chi connectivity index (χ2n) is 4.28. The first-order valence-corrected chi connectivity index (χ1v) is 7.78. The summed E-state index contributed by atoms with van der Waals surface area (Å²) >= 11 is 5.75. The Hall–Kier alpha value is -1.57. The zero-order valence-corrected chi connectivity index (χ0v) is 12.4. The van der Waals surface area contributed by atoms with Crippen molar-refractivity contribution in [2.45, 2.75) is 11.3 Å². The number of hydrogen-bond donors (Lipinski definition) is 2. The topological polar surface area (TPSA) is 90.0 Å². The van der Waals surface area contributed by atoms with Crippen molar-refractivity contribution in [1.29, 1.82) is 0 Å². The van der Waals surface area contributed by atoms with E-state index in [1.807, 2.05) is 6.07 Å². The molecule has 0 atom stereocenters. The normalized spacial score (nSPS) is 11.7. The Balaban J connectivity index is 2.06. The average molecular weight is 315 g/mol. The number of hydrogen-bond acceptors (Lipinski definition) is 4. The quantitative estimate of drug-likeness (QED) is 0.811. The molecule has 2 rings (SSSR count). The van der Waals surface area contributed by atoms with Crippen LogP contribution in [0.15, 0.2) is 35.4 Å². The number of nitrogens with one attached hydrogen (secondary N) is 1. The fourth-order valence-electron chi connectivity index (χ4n) is 1.80. The first-order valence-electron chi connectivity index (χ1n) is 5.92. The van der Waals surface area contributed by atoms with Crippen LogP contribution in [-0.4, -0.2) is 24.7 Å². The van der Waals surface area contributed by atoms with E-state index in [9.17, 15) is 8.42 Å². The van der Waals surface area contributed by atoms with Crippen molar-refractivity contribution >= 4 is 27.3 Å². The molecule has 8 heteroatoms. The summed E-state index contributed by atoms with van der Waals surface area (Å²) in [6.07, 6.45) is 2.21. The summed E-state index contributed by atoms with van der Waals surface area (Å²) in [6.45, 7) is 0.268. The van der Waals surface area contributed by atoms with Gasteiger partial charge in [-0.1, -0.05) is 11.6 Å². The molecule has 0 saturated carbocycles. The Bertz CT molecular complexity index is 712. The number of sulfonamides is 1. The number of halogens is 1. The summed E-state index contributed by atoms with van der Waals surface area (Å²) in [6, 6.07) is 6.14. The zero-order valence-electron chi connectivity index (χ0n) is 10.9. The fourth-order valence-corrected chi connectivity index (χ4v) is 3.13. The number of aryl methyl sites for hydroxylation is 1. The second kappa shape index (κ2) is 5.82. The maximum atomic E-state index is 12.1. The summed E-state index contributed by atoms with van der Waals surface area (Å²) in [5.41, 5.74) is 6.75. The Morgan fingerprint density at radius 2 is 2.15 bits per heavy atom. The van der Waals surface area contributed by atoms with Crippen molar-refractivity contribution in [3.63, 3.8) is 0 Å². The van der Waals surface area contributed by atoms with Crippen LogP contribution in [0, 0.1) is 0 Å². The van der Waals surface area contributed by atoms with Crippen LogP contribution in [0.5, 0.6) is 0 Å². The Kier molecular flexibility index (Phi) is 4.32. The third-order valence-electron chi connectivity index (χ3n) is 2.86. The maximum absolute atomic E-state index is 12.1. The first-order chi connectivity index (χ1) is 9.40. The van der Waals surface area contributed by atoms with Gasteiger partial charge in [-0.3, -0.25) is 4.68 Å². The van der Waals surface area contributed by atoms with Crippen LogP contribution < -0.4 is 10.5 Å². The van der Waals surface area contributed by atoms with Crippen molar-refractivity contribution in [3.8, 4) is 0 Å². The number of nitrogen functional groups attached to an aromatic ring is 1. The summed E-state index contributed by atoms with van der Waals surface area (Å²) in [5.74, 6) is 0. The molecule has 0 aliphatic heterocycles. The van der Waals surface area contributed by atoms with Gasteiger partial charge in [0.15, 0.2) is 0 Å². The molecule has 20 heavy (non-hydrogen) atoms. The van der Waals surface area contributed by atoms with Crippen molar-refractivity contribution in [3.05, 3.63) is 41.2 Å². The molecule has 0 spiro atoms. The molecule has 0 saturated heterocycles. The molecule has 1 aromatic heterocycles. The van der Waals surface area contributed by atoms with Gasteiger partial charge in [0, 0.05) is 36.9 Å². The van der Waals surface area contributed by atoms with Gasteiger partial charge in [0.25, 0.3) is 0 Å². The number of anilines is 1. The molecule has 0 fully saturated rings. The molecule has 0 unspecified atom stereocenters. The number of benzene rings is 1. The molecule has 6 nitrogen and oxygen atoms in total. The largest absolute Gasteiger partial charge is 0.398 e. The van der Waals surface area contributed by atoms with Gasteiger partial charge in [0.2, 0.25) is 10.0 Å². The van der Waals surface area contributed by atoms with E-state index in [4.69, 9.17) is 17.3 Å². The zero-order chi connectivity index (χ0) is 14.8. The van der Waals surface area contributed by atoms with E-state index in [0.29, 0.717) is 11.4 Å². The van der Waals surface area contributed by atoms with Crippen LogP contribution in [0.4, 0.5) is 5.69 Å².